The predicted molar refractivity (Wildman–Crippen MR) is 77.3 cm³/mol. The van der Waals surface area contributed by atoms with Gasteiger partial charge in [-0.05, 0) is 46.0 Å². The fourth-order valence-corrected chi connectivity index (χ4v) is 3.30. The van der Waals surface area contributed by atoms with Gasteiger partial charge in [-0.15, -0.1) is 0 Å². The van der Waals surface area contributed by atoms with Crippen LogP contribution in [0.1, 0.15) is 42.1 Å². The van der Waals surface area contributed by atoms with Crippen LogP contribution in [-0.2, 0) is 14.6 Å². The quantitative estimate of drug-likeness (QED) is 0.784. The molecular weight excluding hydrogens is 332 g/mol. The molecule has 106 valence electrons. The van der Waals surface area contributed by atoms with E-state index in [0.29, 0.717) is 10.0 Å². The molecule has 0 radical (unpaired) electrons. The van der Waals surface area contributed by atoms with Crippen molar-refractivity contribution in [1.29, 1.82) is 0 Å². The molecule has 1 aromatic rings. The van der Waals surface area contributed by atoms with Gasteiger partial charge in [0.15, 0.2) is 9.84 Å². The van der Waals surface area contributed by atoms with E-state index in [2.05, 4.69) is 20.7 Å². The molecule has 0 spiro atoms. The molecule has 0 amide bonds. The summed E-state index contributed by atoms with van der Waals surface area (Å²) in [6.45, 7) is 3.94. The lowest BCUT2D eigenvalue weighted by Gasteiger charge is -2.16. The molecule has 1 aromatic carbocycles. The van der Waals surface area contributed by atoms with E-state index in [-0.39, 0.29) is 16.4 Å². The van der Waals surface area contributed by atoms with Crippen molar-refractivity contribution in [3.05, 3.63) is 27.7 Å². The van der Waals surface area contributed by atoms with Gasteiger partial charge in [0.05, 0.1) is 17.6 Å². The van der Waals surface area contributed by atoms with Crippen LogP contribution < -0.4 is 0 Å². The number of benzene rings is 1. The largest absolute Gasteiger partial charge is 0.465 e. The molecule has 0 saturated heterocycles. The molecule has 0 aliphatic rings. The van der Waals surface area contributed by atoms with E-state index in [1.807, 2.05) is 13.8 Å². The Labute approximate surface area is 122 Å². The van der Waals surface area contributed by atoms with E-state index in [0.717, 1.165) is 12.7 Å². The zero-order chi connectivity index (χ0) is 14.8. The minimum Gasteiger partial charge on any atom is -0.465 e. The number of carbonyl (C=O) groups is 1. The Bertz CT molecular complexity index is 593. The first-order valence-corrected chi connectivity index (χ1v) is 8.52. The molecule has 1 unspecified atom stereocenters. The van der Waals surface area contributed by atoms with Crippen molar-refractivity contribution in [3.8, 4) is 0 Å². The van der Waals surface area contributed by atoms with E-state index in [4.69, 9.17) is 0 Å². The fourth-order valence-electron chi connectivity index (χ4n) is 1.76. The van der Waals surface area contributed by atoms with Gasteiger partial charge in [0, 0.05) is 10.7 Å². The van der Waals surface area contributed by atoms with Crippen molar-refractivity contribution in [3.63, 3.8) is 0 Å². The summed E-state index contributed by atoms with van der Waals surface area (Å²) in [7, 11) is -2.14. The molecule has 0 aliphatic heterocycles. The van der Waals surface area contributed by atoms with Crippen LogP contribution in [0, 0.1) is 0 Å². The highest BCUT2D eigenvalue weighted by Gasteiger charge is 2.22. The highest BCUT2D eigenvalue weighted by molar-refractivity contribution is 9.10. The lowest BCUT2D eigenvalue weighted by molar-refractivity contribution is 0.0599. The number of hydrogen-bond acceptors (Lipinski definition) is 4. The lowest BCUT2D eigenvalue weighted by atomic mass is 9.97. The smallest absolute Gasteiger partial charge is 0.339 e. The number of carbonyl (C=O) groups excluding carboxylic acids is 1. The van der Waals surface area contributed by atoms with Gasteiger partial charge >= 0.3 is 5.97 Å². The van der Waals surface area contributed by atoms with Crippen molar-refractivity contribution in [2.75, 3.05) is 13.4 Å². The van der Waals surface area contributed by atoms with Gasteiger partial charge < -0.3 is 4.74 Å². The van der Waals surface area contributed by atoms with E-state index >= 15 is 0 Å². The van der Waals surface area contributed by atoms with Gasteiger partial charge in [-0.1, -0.05) is 13.8 Å². The standard InChI is InChI=1S/C13H17BrO4S/c1-5-8(2)9-6-11(14)10(13(15)18-3)7-12(9)19(4,16)17/h6-8H,5H2,1-4H3. The summed E-state index contributed by atoms with van der Waals surface area (Å²) in [5.74, 6) is -0.472. The van der Waals surface area contributed by atoms with Crippen LogP contribution >= 0.6 is 15.9 Å². The Morgan fingerprint density at radius 3 is 2.42 bits per heavy atom. The van der Waals surface area contributed by atoms with Gasteiger partial charge in [0.25, 0.3) is 0 Å². The monoisotopic (exact) mass is 348 g/mol. The summed E-state index contributed by atoms with van der Waals surface area (Å²) >= 11 is 3.29. The summed E-state index contributed by atoms with van der Waals surface area (Å²) in [5.41, 5.74) is 0.930. The van der Waals surface area contributed by atoms with Crippen molar-refractivity contribution in [2.45, 2.75) is 31.1 Å². The van der Waals surface area contributed by atoms with E-state index in [9.17, 15) is 13.2 Å². The first-order valence-electron chi connectivity index (χ1n) is 5.84. The third kappa shape index (κ3) is 3.57. The maximum absolute atomic E-state index is 11.9. The molecule has 4 nitrogen and oxygen atoms in total. The second-order valence-electron chi connectivity index (χ2n) is 4.44. The number of rotatable bonds is 4. The number of ether oxygens (including phenoxy) is 1. The maximum atomic E-state index is 11.9. The summed E-state index contributed by atoms with van der Waals surface area (Å²) in [6, 6.07) is 3.07. The molecule has 0 aliphatic carbocycles. The molecule has 0 saturated carbocycles. The summed E-state index contributed by atoms with van der Waals surface area (Å²) in [5, 5.41) is 0. The van der Waals surface area contributed by atoms with Crippen LogP contribution in [0.25, 0.3) is 0 Å². The molecular formula is C13H17BrO4S. The van der Waals surface area contributed by atoms with Crippen LogP contribution in [0.3, 0.4) is 0 Å². The minimum atomic E-state index is -3.40. The van der Waals surface area contributed by atoms with Crippen molar-refractivity contribution in [2.24, 2.45) is 0 Å². The van der Waals surface area contributed by atoms with E-state index < -0.39 is 15.8 Å². The Kier molecular flexibility index (Phi) is 5.15. The van der Waals surface area contributed by atoms with E-state index in [1.54, 1.807) is 6.07 Å². The lowest BCUT2D eigenvalue weighted by Crippen LogP contribution is -2.10. The van der Waals surface area contributed by atoms with Gasteiger partial charge in [0.2, 0.25) is 0 Å². The predicted octanol–water partition coefficient (Wildman–Crippen LogP) is 3.15. The average molecular weight is 349 g/mol. The van der Waals surface area contributed by atoms with E-state index in [1.165, 1.54) is 13.2 Å². The third-order valence-corrected chi connectivity index (χ3v) is 4.86. The maximum Gasteiger partial charge on any atom is 0.339 e. The molecule has 6 heteroatoms. The van der Waals surface area contributed by atoms with Gasteiger partial charge in [0.1, 0.15) is 0 Å². The average Bonchev–Trinajstić information content (AvgIpc) is 2.35. The molecule has 0 heterocycles. The first kappa shape index (κ1) is 16.2. The number of hydrogen-bond donors (Lipinski definition) is 0. The van der Waals surface area contributed by atoms with Crippen molar-refractivity contribution < 1.29 is 17.9 Å². The van der Waals surface area contributed by atoms with Crippen LogP contribution in [-0.4, -0.2) is 27.8 Å². The van der Waals surface area contributed by atoms with Gasteiger partial charge in [-0.25, -0.2) is 13.2 Å². The number of sulfone groups is 1. The molecule has 0 bridgehead atoms. The summed E-state index contributed by atoms with van der Waals surface area (Å²) in [6.07, 6.45) is 1.95. The first-order chi connectivity index (χ1) is 8.72. The summed E-state index contributed by atoms with van der Waals surface area (Å²) in [4.78, 5) is 11.8. The normalized spacial score (nSPS) is 13.1. The topological polar surface area (TPSA) is 60.4 Å². The second-order valence-corrected chi connectivity index (χ2v) is 7.28. The molecule has 0 N–H and O–H groups in total. The van der Waals surface area contributed by atoms with Gasteiger partial charge in [-0.3, -0.25) is 0 Å². The minimum absolute atomic E-state index is 0.0905. The van der Waals surface area contributed by atoms with Gasteiger partial charge in [-0.2, -0.15) is 0 Å². The number of esters is 1. The van der Waals surface area contributed by atoms with Crippen molar-refractivity contribution >= 4 is 31.7 Å². The highest BCUT2D eigenvalue weighted by atomic mass is 79.9. The molecule has 0 aromatic heterocycles. The number of halogens is 1. The second kappa shape index (κ2) is 6.05. The zero-order valence-corrected chi connectivity index (χ0v) is 13.8. The molecule has 1 atom stereocenters. The highest BCUT2D eigenvalue weighted by Crippen LogP contribution is 2.32. The van der Waals surface area contributed by atoms with Crippen LogP contribution in [0.15, 0.2) is 21.5 Å². The molecule has 19 heavy (non-hydrogen) atoms. The molecule has 1 rings (SSSR count). The number of methoxy groups -OCH3 is 1. The van der Waals surface area contributed by atoms with Crippen LogP contribution in [0.2, 0.25) is 0 Å². The molecule has 0 fully saturated rings. The Morgan fingerprint density at radius 1 is 1.42 bits per heavy atom. The zero-order valence-electron chi connectivity index (χ0n) is 11.4. The third-order valence-electron chi connectivity index (χ3n) is 3.05. The van der Waals surface area contributed by atoms with Crippen LogP contribution in [0.5, 0.6) is 0 Å². The Hall–Kier alpha value is -0.880. The van der Waals surface area contributed by atoms with Crippen molar-refractivity contribution in [1.82, 2.24) is 0 Å². The Balaban J connectivity index is 3.60. The Morgan fingerprint density at radius 2 is 2.00 bits per heavy atom. The van der Waals surface area contributed by atoms with Crippen LogP contribution in [0.4, 0.5) is 0 Å². The fraction of sp³-hybridized carbons (Fsp3) is 0.462. The summed E-state index contributed by atoms with van der Waals surface area (Å²) < 4.78 is 29.0. The SMILES string of the molecule is CCC(C)c1cc(Br)c(C(=O)OC)cc1S(C)(=O)=O.